The maximum Gasteiger partial charge on any atom is 0.262 e. The van der Waals surface area contributed by atoms with Crippen LogP contribution in [0.3, 0.4) is 0 Å². The molecule has 9 heteroatoms. The van der Waals surface area contributed by atoms with Crippen molar-refractivity contribution in [1.82, 2.24) is 0 Å². The van der Waals surface area contributed by atoms with Gasteiger partial charge in [-0.2, -0.15) is 0 Å². The average Bonchev–Trinajstić information content (AvgIpc) is 2.69. The minimum absolute atomic E-state index is 0.0394. The van der Waals surface area contributed by atoms with E-state index in [0.717, 1.165) is 12.1 Å². The molecular weight excluding hydrogens is 402 g/mol. The molecule has 2 N–H and O–H groups in total. The molecule has 6 nitrogen and oxygen atoms in total. The van der Waals surface area contributed by atoms with Gasteiger partial charge in [0.2, 0.25) is 0 Å². The first-order chi connectivity index (χ1) is 13.8. The summed E-state index contributed by atoms with van der Waals surface area (Å²) in [5, 5.41) is 2.52. The van der Waals surface area contributed by atoms with Crippen molar-refractivity contribution < 1.29 is 26.7 Å². The fourth-order valence-electron chi connectivity index (χ4n) is 2.35. The summed E-state index contributed by atoms with van der Waals surface area (Å²) in [6.45, 7) is -0.410. The Kier molecular flexibility index (Phi) is 6.08. The number of hydrogen-bond acceptors (Lipinski definition) is 4. The van der Waals surface area contributed by atoms with Crippen molar-refractivity contribution in [2.45, 2.75) is 4.90 Å². The Morgan fingerprint density at radius 1 is 0.862 bits per heavy atom. The number of amides is 1. The fraction of sp³-hybridized carbons (Fsp3) is 0.0500. The number of carbonyl (C=O) groups is 1. The largest absolute Gasteiger partial charge is 0.481 e. The molecule has 0 heterocycles. The third kappa shape index (κ3) is 5.52. The van der Waals surface area contributed by atoms with Gasteiger partial charge >= 0.3 is 0 Å². The second-order valence-corrected chi connectivity index (χ2v) is 7.59. The third-order valence-corrected chi connectivity index (χ3v) is 5.14. The topological polar surface area (TPSA) is 84.5 Å². The Balaban J connectivity index is 1.59. The van der Waals surface area contributed by atoms with Gasteiger partial charge in [-0.25, -0.2) is 17.2 Å². The first-order valence-electron chi connectivity index (χ1n) is 8.39. The van der Waals surface area contributed by atoms with E-state index in [-0.39, 0.29) is 16.3 Å². The maximum absolute atomic E-state index is 13.5. The molecule has 0 atom stereocenters. The first-order valence-corrected chi connectivity index (χ1v) is 9.87. The predicted octanol–water partition coefficient (Wildman–Crippen LogP) is 3.78. The van der Waals surface area contributed by atoms with Gasteiger partial charge in [-0.05, 0) is 60.7 Å². The van der Waals surface area contributed by atoms with E-state index < -0.39 is 34.2 Å². The number of halogens is 2. The average molecular weight is 418 g/mol. The van der Waals surface area contributed by atoms with E-state index in [9.17, 15) is 22.0 Å². The van der Waals surface area contributed by atoms with Gasteiger partial charge in [0.05, 0.1) is 4.90 Å². The minimum Gasteiger partial charge on any atom is -0.481 e. The van der Waals surface area contributed by atoms with E-state index >= 15 is 0 Å². The van der Waals surface area contributed by atoms with Gasteiger partial charge in [0.1, 0.15) is 5.82 Å². The normalized spacial score (nSPS) is 11.0. The van der Waals surface area contributed by atoms with Crippen molar-refractivity contribution in [3.05, 3.63) is 84.4 Å². The SMILES string of the molecule is O=C(COc1ccccc1F)Nc1ccc(S(=O)(=O)Nc2ccc(F)cc2)cc1. The van der Waals surface area contributed by atoms with Crippen molar-refractivity contribution in [2.75, 3.05) is 16.6 Å². The molecule has 0 unspecified atom stereocenters. The number of para-hydroxylation sites is 1. The standard InChI is InChI=1S/C20H16F2N2O4S/c21-14-5-7-16(8-6-14)24-29(26,27)17-11-9-15(10-12-17)23-20(25)13-28-19-4-2-1-3-18(19)22/h1-12,24H,13H2,(H,23,25). The Hall–Kier alpha value is -3.46. The predicted molar refractivity (Wildman–Crippen MR) is 104 cm³/mol. The smallest absolute Gasteiger partial charge is 0.262 e. The van der Waals surface area contributed by atoms with Gasteiger partial charge in [0, 0.05) is 11.4 Å². The Bertz CT molecular complexity index is 1100. The van der Waals surface area contributed by atoms with Gasteiger partial charge in [-0.1, -0.05) is 12.1 Å². The van der Waals surface area contributed by atoms with E-state index in [4.69, 9.17) is 4.74 Å². The van der Waals surface area contributed by atoms with Crippen LogP contribution in [0.2, 0.25) is 0 Å². The Morgan fingerprint density at radius 3 is 2.14 bits per heavy atom. The van der Waals surface area contributed by atoms with Crippen LogP contribution in [0.4, 0.5) is 20.2 Å². The molecule has 0 aliphatic carbocycles. The van der Waals surface area contributed by atoms with Crippen LogP contribution < -0.4 is 14.8 Å². The quantitative estimate of drug-likeness (QED) is 0.612. The van der Waals surface area contributed by atoms with Gasteiger partial charge in [-0.15, -0.1) is 0 Å². The van der Waals surface area contributed by atoms with Gasteiger partial charge < -0.3 is 10.1 Å². The van der Waals surface area contributed by atoms with E-state index in [1.165, 1.54) is 54.6 Å². The lowest BCUT2D eigenvalue weighted by Crippen LogP contribution is -2.20. The molecule has 3 rings (SSSR count). The van der Waals surface area contributed by atoms with E-state index in [1.807, 2.05) is 0 Å². The highest BCUT2D eigenvalue weighted by molar-refractivity contribution is 7.92. The number of ether oxygens (including phenoxy) is 1. The molecule has 0 saturated heterocycles. The molecule has 0 aliphatic rings. The highest BCUT2D eigenvalue weighted by Gasteiger charge is 2.14. The van der Waals surface area contributed by atoms with Gasteiger partial charge in [-0.3, -0.25) is 9.52 Å². The summed E-state index contributed by atoms with van der Waals surface area (Å²) >= 11 is 0. The number of nitrogens with one attached hydrogen (secondary N) is 2. The second-order valence-electron chi connectivity index (χ2n) is 5.90. The van der Waals surface area contributed by atoms with Crippen LogP contribution in [-0.4, -0.2) is 20.9 Å². The van der Waals surface area contributed by atoms with Crippen LogP contribution in [0.5, 0.6) is 5.75 Å². The zero-order valence-electron chi connectivity index (χ0n) is 14.9. The van der Waals surface area contributed by atoms with Crippen molar-refractivity contribution in [2.24, 2.45) is 0 Å². The zero-order chi connectivity index (χ0) is 20.9. The second kappa shape index (κ2) is 8.70. The summed E-state index contributed by atoms with van der Waals surface area (Å²) in [5.74, 6) is -1.64. The molecule has 150 valence electrons. The summed E-state index contributed by atoms with van der Waals surface area (Å²) in [7, 11) is -3.87. The molecule has 0 bridgehead atoms. The molecule has 0 spiro atoms. The first kappa shape index (κ1) is 20.3. The molecule has 0 aromatic heterocycles. The molecule has 0 saturated carbocycles. The van der Waals surface area contributed by atoms with Crippen LogP contribution in [0, 0.1) is 11.6 Å². The summed E-state index contributed by atoms with van der Waals surface area (Å²) in [4.78, 5) is 11.9. The number of rotatable bonds is 7. The van der Waals surface area contributed by atoms with Crippen LogP contribution in [0.1, 0.15) is 0 Å². The summed E-state index contributed by atoms with van der Waals surface area (Å²) in [5.41, 5.74) is 0.557. The maximum atomic E-state index is 13.5. The van der Waals surface area contributed by atoms with Crippen molar-refractivity contribution in [3.63, 3.8) is 0 Å². The summed E-state index contributed by atoms with van der Waals surface area (Å²) < 4.78 is 58.5. The zero-order valence-corrected chi connectivity index (χ0v) is 15.7. The fourth-order valence-corrected chi connectivity index (χ4v) is 3.41. The van der Waals surface area contributed by atoms with Crippen molar-refractivity contribution in [3.8, 4) is 5.75 Å². The molecule has 0 fully saturated rings. The lowest BCUT2D eigenvalue weighted by atomic mass is 10.3. The molecule has 0 aliphatic heterocycles. The number of hydrogen-bond donors (Lipinski definition) is 2. The third-order valence-electron chi connectivity index (χ3n) is 3.74. The Morgan fingerprint density at radius 2 is 1.48 bits per heavy atom. The van der Waals surface area contributed by atoms with Gasteiger partial charge in [0.15, 0.2) is 18.2 Å². The molecule has 0 radical (unpaired) electrons. The van der Waals surface area contributed by atoms with E-state index in [2.05, 4.69) is 10.0 Å². The lowest BCUT2D eigenvalue weighted by molar-refractivity contribution is -0.118. The van der Waals surface area contributed by atoms with Crippen LogP contribution in [0.25, 0.3) is 0 Å². The number of anilines is 2. The van der Waals surface area contributed by atoms with Crippen molar-refractivity contribution >= 4 is 27.3 Å². The van der Waals surface area contributed by atoms with E-state index in [1.54, 1.807) is 6.07 Å². The van der Waals surface area contributed by atoms with Crippen LogP contribution in [0.15, 0.2) is 77.7 Å². The van der Waals surface area contributed by atoms with E-state index in [0.29, 0.717) is 5.69 Å². The molecular formula is C20H16F2N2O4S. The monoisotopic (exact) mass is 418 g/mol. The summed E-state index contributed by atoms with van der Waals surface area (Å²) in [6, 6.07) is 16.0. The molecule has 3 aromatic carbocycles. The Labute approximate surface area is 166 Å². The number of benzene rings is 3. The molecule has 1 amide bonds. The highest BCUT2D eigenvalue weighted by Crippen LogP contribution is 2.19. The van der Waals surface area contributed by atoms with Crippen LogP contribution in [-0.2, 0) is 14.8 Å². The van der Waals surface area contributed by atoms with Crippen molar-refractivity contribution in [1.29, 1.82) is 0 Å². The number of carbonyl (C=O) groups excluding carboxylic acids is 1. The molecule has 29 heavy (non-hydrogen) atoms. The van der Waals surface area contributed by atoms with Crippen LogP contribution >= 0.6 is 0 Å². The minimum atomic E-state index is -3.87. The lowest BCUT2D eigenvalue weighted by Gasteiger charge is -2.10. The highest BCUT2D eigenvalue weighted by atomic mass is 32.2. The van der Waals surface area contributed by atoms with Gasteiger partial charge in [0.25, 0.3) is 15.9 Å². The molecule has 3 aromatic rings. The summed E-state index contributed by atoms with van der Waals surface area (Å²) in [6.07, 6.45) is 0. The number of sulfonamides is 1.